The third-order valence-electron chi connectivity index (χ3n) is 3.51. The summed E-state index contributed by atoms with van der Waals surface area (Å²) in [5, 5.41) is 2.48. The molecule has 2 aromatic carbocycles. The number of thiazole rings is 1. The van der Waals surface area contributed by atoms with Crippen LogP contribution >= 0.6 is 11.3 Å². The highest BCUT2D eigenvalue weighted by Gasteiger charge is 2.27. The third kappa shape index (κ3) is 4.03. The predicted molar refractivity (Wildman–Crippen MR) is 96.9 cm³/mol. The number of ether oxygens (including phenoxy) is 1. The van der Waals surface area contributed by atoms with Gasteiger partial charge >= 0.3 is 0 Å². The van der Waals surface area contributed by atoms with E-state index in [9.17, 15) is 9.18 Å². The van der Waals surface area contributed by atoms with Crippen molar-refractivity contribution in [2.24, 2.45) is 0 Å². The van der Waals surface area contributed by atoms with Crippen LogP contribution in [0.4, 0.5) is 15.2 Å². The van der Waals surface area contributed by atoms with Gasteiger partial charge in [-0.05, 0) is 50.2 Å². The van der Waals surface area contributed by atoms with Crippen LogP contribution in [0.2, 0.25) is 0 Å². The summed E-state index contributed by atoms with van der Waals surface area (Å²) < 4.78 is 18.7. The van der Waals surface area contributed by atoms with Gasteiger partial charge in [-0.2, -0.15) is 0 Å². The fourth-order valence-corrected chi connectivity index (χ4v) is 3.13. The highest BCUT2D eigenvalue weighted by Crippen LogP contribution is 2.29. The van der Waals surface area contributed by atoms with Gasteiger partial charge in [-0.3, -0.25) is 9.69 Å². The Bertz CT molecular complexity index is 849. The minimum Gasteiger partial charge on any atom is -0.481 e. The maximum Gasteiger partial charge on any atom is 0.274 e. The Labute approximate surface area is 149 Å². The van der Waals surface area contributed by atoms with Crippen LogP contribution in [0.1, 0.15) is 12.6 Å². The number of carbonyl (C=O) groups excluding carboxylic acids is 1. The molecule has 1 aromatic heterocycles. The van der Waals surface area contributed by atoms with Crippen LogP contribution in [0, 0.1) is 12.7 Å². The Hall–Kier alpha value is -2.73. The van der Waals surface area contributed by atoms with E-state index in [1.165, 1.54) is 35.6 Å². The third-order valence-corrected chi connectivity index (χ3v) is 4.45. The van der Waals surface area contributed by atoms with E-state index < -0.39 is 6.10 Å². The summed E-state index contributed by atoms with van der Waals surface area (Å²) >= 11 is 1.40. The number of nitrogens with zero attached hydrogens (tertiary/aromatic N) is 2. The van der Waals surface area contributed by atoms with Crippen LogP contribution in [-0.2, 0) is 4.79 Å². The summed E-state index contributed by atoms with van der Waals surface area (Å²) in [6.45, 7) is 3.55. The second kappa shape index (κ2) is 7.44. The Morgan fingerprint density at radius 2 is 1.84 bits per heavy atom. The van der Waals surface area contributed by atoms with E-state index in [1.54, 1.807) is 11.8 Å². The molecule has 0 saturated carbocycles. The van der Waals surface area contributed by atoms with Crippen molar-refractivity contribution in [2.75, 3.05) is 4.90 Å². The van der Waals surface area contributed by atoms with Gasteiger partial charge in [0.2, 0.25) is 0 Å². The second-order valence-electron chi connectivity index (χ2n) is 5.49. The van der Waals surface area contributed by atoms with Crippen LogP contribution in [0.3, 0.4) is 0 Å². The van der Waals surface area contributed by atoms with E-state index >= 15 is 0 Å². The molecule has 3 rings (SSSR count). The Morgan fingerprint density at radius 3 is 2.44 bits per heavy atom. The number of hydrogen-bond donors (Lipinski definition) is 0. The average Bonchev–Trinajstić information content (AvgIpc) is 3.04. The van der Waals surface area contributed by atoms with Crippen LogP contribution in [0.25, 0.3) is 0 Å². The van der Waals surface area contributed by atoms with Crippen molar-refractivity contribution in [3.05, 3.63) is 71.5 Å². The zero-order chi connectivity index (χ0) is 17.8. The molecule has 1 heterocycles. The lowest BCUT2D eigenvalue weighted by Gasteiger charge is -2.24. The van der Waals surface area contributed by atoms with Crippen molar-refractivity contribution in [1.82, 2.24) is 4.98 Å². The molecule has 6 heteroatoms. The van der Waals surface area contributed by atoms with Gasteiger partial charge in [-0.15, -0.1) is 11.3 Å². The fraction of sp³-hybridized carbons (Fsp3) is 0.158. The number of anilines is 2. The zero-order valence-electron chi connectivity index (χ0n) is 13.8. The summed E-state index contributed by atoms with van der Waals surface area (Å²) in [6, 6.07) is 14.9. The van der Waals surface area contributed by atoms with Crippen LogP contribution in [0.15, 0.2) is 60.0 Å². The first-order chi connectivity index (χ1) is 12.0. The first-order valence-electron chi connectivity index (χ1n) is 7.78. The number of amides is 1. The standard InChI is InChI=1S/C19H17FN2O2S/c1-13-12-25-19(21-13)22(16-6-4-3-5-7-16)18(23)14(2)24-17-10-8-15(20)9-11-17/h3-12,14H,1-2H3/t14-/m1/s1. The molecule has 0 aliphatic carbocycles. The Morgan fingerprint density at radius 1 is 1.16 bits per heavy atom. The Kier molecular flexibility index (Phi) is 5.09. The molecule has 0 bridgehead atoms. The van der Waals surface area contributed by atoms with Gasteiger partial charge in [0.05, 0.1) is 11.4 Å². The predicted octanol–water partition coefficient (Wildman–Crippen LogP) is 4.72. The fourth-order valence-electron chi connectivity index (χ4n) is 2.30. The van der Waals surface area contributed by atoms with E-state index in [1.807, 2.05) is 42.6 Å². The largest absolute Gasteiger partial charge is 0.481 e. The molecule has 25 heavy (non-hydrogen) atoms. The van der Waals surface area contributed by atoms with E-state index in [2.05, 4.69) is 4.98 Å². The minimum absolute atomic E-state index is 0.245. The van der Waals surface area contributed by atoms with Crippen molar-refractivity contribution in [3.63, 3.8) is 0 Å². The molecule has 128 valence electrons. The van der Waals surface area contributed by atoms with Gasteiger partial charge in [-0.25, -0.2) is 9.37 Å². The molecule has 0 fully saturated rings. The van der Waals surface area contributed by atoms with Crippen molar-refractivity contribution in [3.8, 4) is 5.75 Å². The molecule has 0 aliphatic rings. The summed E-state index contributed by atoms with van der Waals surface area (Å²) in [5.74, 6) is -0.161. The summed E-state index contributed by atoms with van der Waals surface area (Å²) in [6.07, 6.45) is -0.755. The number of para-hydroxylation sites is 1. The lowest BCUT2D eigenvalue weighted by Crippen LogP contribution is -2.37. The number of carbonyl (C=O) groups is 1. The molecule has 0 N–H and O–H groups in total. The number of rotatable bonds is 5. The quantitative estimate of drug-likeness (QED) is 0.664. The van der Waals surface area contributed by atoms with Crippen molar-refractivity contribution < 1.29 is 13.9 Å². The number of hydrogen-bond acceptors (Lipinski definition) is 4. The van der Waals surface area contributed by atoms with E-state index in [4.69, 9.17) is 4.74 Å². The summed E-state index contributed by atoms with van der Waals surface area (Å²) in [4.78, 5) is 19.0. The first-order valence-corrected chi connectivity index (χ1v) is 8.66. The molecular formula is C19H17FN2O2S. The van der Waals surface area contributed by atoms with Gasteiger partial charge in [0.15, 0.2) is 11.2 Å². The molecule has 4 nitrogen and oxygen atoms in total. The molecule has 0 radical (unpaired) electrons. The maximum absolute atomic E-state index is 13.0. The monoisotopic (exact) mass is 356 g/mol. The van der Waals surface area contributed by atoms with E-state index in [0.717, 1.165) is 11.4 Å². The van der Waals surface area contributed by atoms with E-state index in [0.29, 0.717) is 10.9 Å². The van der Waals surface area contributed by atoms with Gasteiger partial charge in [0.25, 0.3) is 5.91 Å². The highest BCUT2D eigenvalue weighted by atomic mass is 32.1. The lowest BCUT2D eigenvalue weighted by molar-refractivity contribution is -0.123. The van der Waals surface area contributed by atoms with Crippen LogP contribution < -0.4 is 9.64 Å². The molecule has 0 saturated heterocycles. The normalized spacial score (nSPS) is 11.8. The molecule has 0 unspecified atom stereocenters. The summed E-state index contributed by atoms with van der Waals surface area (Å²) in [7, 11) is 0. The molecule has 1 atom stereocenters. The Balaban J connectivity index is 1.87. The van der Waals surface area contributed by atoms with Crippen molar-refractivity contribution in [1.29, 1.82) is 0 Å². The number of benzene rings is 2. The molecule has 0 spiro atoms. The average molecular weight is 356 g/mol. The second-order valence-corrected chi connectivity index (χ2v) is 6.33. The molecular weight excluding hydrogens is 339 g/mol. The van der Waals surface area contributed by atoms with Gasteiger partial charge in [-0.1, -0.05) is 18.2 Å². The maximum atomic E-state index is 13.0. The van der Waals surface area contributed by atoms with Gasteiger partial charge < -0.3 is 4.74 Å². The smallest absolute Gasteiger partial charge is 0.274 e. The van der Waals surface area contributed by atoms with E-state index in [-0.39, 0.29) is 11.7 Å². The highest BCUT2D eigenvalue weighted by molar-refractivity contribution is 7.14. The lowest BCUT2D eigenvalue weighted by atomic mass is 10.2. The van der Waals surface area contributed by atoms with Crippen molar-refractivity contribution >= 4 is 28.1 Å². The molecule has 0 aliphatic heterocycles. The van der Waals surface area contributed by atoms with Crippen LogP contribution in [0.5, 0.6) is 5.75 Å². The molecule has 1 amide bonds. The number of aryl methyl sites for hydroxylation is 1. The zero-order valence-corrected chi connectivity index (χ0v) is 14.7. The van der Waals surface area contributed by atoms with Gasteiger partial charge in [0.1, 0.15) is 11.6 Å². The number of aromatic nitrogens is 1. The first kappa shape index (κ1) is 17.1. The van der Waals surface area contributed by atoms with Crippen LogP contribution in [-0.4, -0.2) is 17.0 Å². The van der Waals surface area contributed by atoms with Gasteiger partial charge in [0, 0.05) is 5.38 Å². The van der Waals surface area contributed by atoms with Crippen molar-refractivity contribution in [2.45, 2.75) is 20.0 Å². The summed E-state index contributed by atoms with van der Waals surface area (Å²) in [5.41, 5.74) is 1.57. The minimum atomic E-state index is -0.755. The number of halogens is 1. The SMILES string of the molecule is Cc1csc(N(C(=O)[C@@H](C)Oc2ccc(F)cc2)c2ccccc2)n1. The molecule has 3 aromatic rings. The topological polar surface area (TPSA) is 42.4 Å².